The van der Waals surface area contributed by atoms with Crippen LogP contribution in [0.3, 0.4) is 0 Å². The summed E-state index contributed by atoms with van der Waals surface area (Å²) in [4.78, 5) is 22.3. The van der Waals surface area contributed by atoms with E-state index in [1.807, 2.05) is 24.3 Å². The van der Waals surface area contributed by atoms with Crippen LogP contribution in [-0.2, 0) is 30.7 Å². The first-order valence-electron chi connectivity index (χ1n) is 11.5. The van der Waals surface area contributed by atoms with Gasteiger partial charge in [-0.05, 0) is 47.2 Å². The molecule has 0 bridgehead atoms. The van der Waals surface area contributed by atoms with E-state index in [9.17, 15) is 23.8 Å². The van der Waals surface area contributed by atoms with Gasteiger partial charge in [0.1, 0.15) is 11.8 Å². The number of aromatic nitrogens is 2. The highest BCUT2D eigenvalue weighted by Gasteiger charge is 2.26. The summed E-state index contributed by atoms with van der Waals surface area (Å²) in [6.45, 7) is -0.0628. The van der Waals surface area contributed by atoms with Gasteiger partial charge in [0, 0.05) is 5.56 Å². The topological polar surface area (TPSA) is 95.3 Å². The van der Waals surface area contributed by atoms with E-state index in [0.29, 0.717) is 35.4 Å². The number of nitrogens with zero attached hydrogens (tertiary/aromatic N) is 2. The molecule has 1 unspecified atom stereocenters. The molecule has 0 saturated carbocycles. The Balaban J connectivity index is 1.53. The number of carbonyl (C=O) groups is 1. The van der Waals surface area contributed by atoms with E-state index in [4.69, 9.17) is 4.98 Å². The Morgan fingerprint density at radius 2 is 1.72 bits per heavy atom. The molecule has 1 aromatic heterocycles. The van der Waals surface area contributed by atoms with Crippen molar-refractivity contribution in [3.05, 3.63) is 112 Å². The Hall–Kier alpha value is -4.01. The third kappa shape index (κ3) is 4.73. The highest BCUT2D eigenvalue weighted by molar-refractivity contribution is 5.92. The van der Waals surface area contributed by atoms with Crippen LogP contribution in [0, 0.1) is 11.6 Å². The van der Waals surface area contributed by atoms with Crippen molar-refractivity contribution >= 4 is 11.7 Å². The minimum atomic E-state index is -1.16. The van der Waals surface area contributed by atoms with E-state index in [1.54, 1.807) is 24.3 Å². The van der Waals surface area contributed by atoms with Crippen molar-refractivity contribution in [3.63, 3.8) is 0 Å². The van der Waals surface area contributed by atoms with Gasteiger partial charge in [-0.1, -0.05) is 54.6 Å². The van der Waals surface area contributed by atoms with Gasteiger partial charge in [0.05, 0.1) is 24.4 Å². The number of aliphatic hydroxyl groups excluding tert-OH is 2. The van der Waals surface area contributed by atoms with Crippen molar-refractivity contribution in [1.82, 2.24) is 9.97 Å². The predicted molar refractivity (Wildman–Crippen MR) is 130 cm³/mol. The summed E-state index contributed by atoms with van der Waals surface area (Å²) < 4.78 is 26.9. The molecule has 1 amide bonds. The molecule has 1 heterocycles. The monoisotopic (exact) mass is 487 g/mol. The van der Waals surface area contributed by atoms with Crippen molar-refractivity contribution in [2.75, 3.05) is 5.32 Å². The quantitative estimate of drug-likeness (QED) is 0.378. The van der Waals surface area contributed by atoms with Crippen molar-refractivity contribution in [1.29, 1.82) is 0 Å². The van der Waals surface area contributed by atoms with Gasteiger partial charge in [0.25, 0.3) is 0 Å². The van der Waals surface area contributed by atoms with Crippen LogP contribution in [0.2, 0.25) is 0 Å². The molecule has 6 nitrogen and oxygen atoms in total. The molecule has 3 N–H and O–H groups in total. The molecule has 1 aliphatic rings. The summed E-state index contributed by atoms with van der Waals surface area (Å²) in [5.74, 6) is -2.40. The van der Waals surface area contributed by atoms with E-state index >= 15 is 0 Å². The van der Waals surface area contributed by atoms with Crippen LogP contribution in [0.5, 0.6) is 0 Å². The maximum absolute atomic E-state index is 13.6. The van der Waals surface area contributed by atoms with E-state index in [1.165, 1.54) is 6.07 Å². The fraction of sp³-hybridized carbons (Fsp3) is 0.179. The van der Waals surface area contributed by atoms with Crippen LogP contribution in [0.4, 0.5) is 14.6 Å². The molecule has 3 aromatic carbocycles. The van der Waals surface area contributed by atoms with Crippen molar-refractivity contribution in [2.24, 2.45) is 0 Å². The number of halogens is 2. The summed E-state index contributed by atoms with van der Waals surface area (Å²) in [6.07, 6.45) is -0.112. The van der Waals surface area contributed by atoms with Crippen molar-refractivity contribution < 1.29 is 23.8 Å². The maximum atomic E-state index is 13.6. The fourth-order valence-electron chi connectivity index (χ4n) is 4.40. The van der Waals surface area contributed by atoms with Gasteiger partial charge in [-0.2, -0.15) is 0 Å². The summed E-state index contributed by atoms with van der Waals surface area (Å²) in [5.41, 5.74) is 5.04. The van der Waals surface area contributed by atoms with Crippen LogP contribution in [0.1, 0.15) is 39.7 Å². The van der Waals surface area contributed by atoms with Crippen LogP contribution >= 0.6 is 0 Å². The summed E-state index contributed by atoms with van der Waals surface area (Å²) in [6, 6.07) is 17.8. The molecule has 0 radical (unpaired) electrons. The molecule has 0 spiro atoms. The molecule has 0 aliphatic heterocycles. The highest BCUT2D eigenvalue weighted by atomic mass is 19.2. The number of amides is 1. The number of carbonyl (C=O) groups excluding carboxylic acids is 1. The molecule has 5 rings (SSSR count). The lowest BCUT2D eigenvalue weighted by atomic mass is 9.90. The minimum absolute atomic E-state index is 0.0628. The Kier molecular flexibility index (Phi) is 6.54. The first-order chi connectivity index (χ1) is 17.4. The number of aliphatic hydroxyl groups is 2. The summed E-state index contributed by atoms with van der Waals surface area (Å²) in [7, 11) is 0. The van der Waals surface area contributed by atoms with Crippen LogP contribution in [-0.4, -0.2) is 26.1 Å². The zero-order valence-corrected chi connectivity index (χ0v) is 19.2. The van der Waals surface area contributed by atoms with Crippen molar-refractivity contribution in [2.45, 2.75) is 32.0 Å². The lowest BCUT2D eigenvalue weighted by Gasteiger charge is -2.23. The number of nitrogens with one attached hydrogen (secondary N) is 1. The first kappa shape index (κ1) is 23.7. The van der Waals surface area contributed by atoms with Crippen LogP contribution in [0.15, 0.2) is 66.7 Å². The SMILES string of the molecule is O=C(Cc1ccc(F)c(F)c1)Nc1nc2c(nc1C(O)c1ccccc1)-c1ccc(CO)cc1CC2. The molecular weight excluding hydrogens is 464 g/mol. The average molecular weight is 488 g/mol. The molecule has 1 atom stereocenters. The van der Waals surface area contributed by atoms with Gasteiger partial charge in [0.2, 0.25) is 5.91 Å². The predicted octanol–water partition coefficient (Wildman–Crippen LogP) is 4.28. The molecule has 8 heteroatoms. The third-order valence-electron chi connectivity index (χ3n) is 6.21. The maximum Gasteiger partial charge on any atom is 0.229 e. The molecule has 0 saturated heterocycles. The standard InChI is InChI=1S/C28H23F2N3O3/c29-21-10-7-16(13-22(21)30)14-24(35)32-28-26(27(36)18-4-2-1-3-5-18)33-25-20-9-6-17(15-34)12-19(20)8-11-23(25)31-28/h1-7,9-10,12-13,27,34,36H,8,11,14-15H2,(H,31,32,35). The van der Waals surface area contributed by atoms with Gasteiger partial charge in [-0.3, -0.25) is 4.79 Å². The molecule has 4 aromatic rings. The van der Waals surface area contributed by atoms with Gasteiger partial charge < -0.3 is 15.5 Å². The normalized spacial score (nSPS) is 13.0. The van der Waals surface area contributed by atoms with E-state index in [-0.39, 0.29) is 24.5 Å². The second kappa shape index (κ2) is 9.93. The smallest absolute Gasteiger partial charge is 0.229 e. The highest BCUT2D eigenvalue weighted by Crippen LogP contribution is 2.36. The van der Waals surface area contributed by atoms with E-state index < -0.39 is 23.6 Å². The molecule has 36 heavy (non-hydrogen) atoms. The summed E-state index contributed by atoms with van der Waals surface area (Å²) in [5, 5.41) is 23.4. The number of anilines is 1. The molecule has 0 fully saturated rings. The molecular formula is C28H23F2N3O3. The average Bonchev–Trinajstić information content (AvgIpc) is 2.90. The van der Waals surface area contributed by atoms with Gasteiger partial charge in [-0.25, -0.2) is 18.7 Å². The number of benzene rings is 3. The third-order valence-corrected chi connectivity index (χ3v) is 6.21. The van der Waals surface area contributed by atoms with Gasteiger partial charge in [-0.15, -0.1) is 0 Å². The first-order valence-corrected chi connectivity index (χ1v) is 11.5. The Morgan fingerprint density at radius 3 is 2.47 bits per heavy atom. The molecule has 1 aliphatic carbocycles. The van der Waals surface area contributed by atoms with Crippen LogP contribution in [0.25, 0.3) is 11.3 Å². The summed E-state index contributed by atoms with van der Waals surface area (Å²) >= 11 is 0. The molecule has 182 valence electrons. The fourth-order valence-corrected chi connectivity index (χ4v) is 4.40. The number of aryl methyl sites for hydroxylation is 2. The Bertz CT molecular complexity index is 1440. The second-order valence-electron chi connectivity index (χ2n) is 8.69. The lowest BCUT2D eigenvalue weighted by molar-refractivity contribution is -0.115. The Labute approximate surface area is 206 Å². The zero-order valence-electron chi connectivity index (χ0n) is 19.2. The minimum Gasteiger partial charge on any atom is -0.392 e. The number of hydrogen-bond donors (Lipinski definition) is 3. The van der Waals surface area contributed by atoms with Gasteiger partial charge >= 0.3 is 0 Å². The van der Waals surface area contributed by atoms with Crippen LogP contribution < -0.4 is 5.32 Å². The largest absolute Gasteiger partial charge is 0.392 e. The Morgan fingerprint density at radius 1 is 0.944 bits per heavy atom. The van der Waals surface area contributed by atoms with Gasteiger partial charge in [0.15, 0.2) is 17.5 Å². The van der Waals surface area contributed by atoms with E-state index in [0.717, 1.165) is 28.8 Å². The second-order valence-corrected chi connectivity index (χ2v) is 8.69. The van der Waals surface area contributed by atoms with Crippen molar-refractivity contribution in [3.8, 4) is 11.3 Å². The lowest BCUT2D eigenvalue weighted by Crippen LogP contribution is -2.21. The number of hydrogen-bond acceptors (Lipinski definition) is 5. The van der Waals surface area contributed by atoms with E-state index in [2.05, 4.69) is 10.3 Å². The zero-order chi connectivity index (χ0) is 25.2. The number of fused-ring (bicyclic) bond motifs is 3. The number of rotatable bonds is 6.